The monoisotopic (exact) mass is 648 g/mol. The number of aryl methyl sites for hydroxylation is 1. The van der Waals surface area contributed by atoms with Crippen molar-refractivity contribution < 1.29 is 26.7 Å². The van der Waals surface area contributed by atoms with Crippen LogP contribution in [0.25, 0.3) is 32.9 Å². The van der Waals surface area contributed by atoms with Crippen LogP contribution in [0, 0.1) is 6.92 Å². The van der Waals surface area contributed by atoms with Crippen molar-refractivity contribution in [3.63, 3.8) is 0 Å². The Morgan fingerprint density at radius 3 is 2.37 bits per heavy atom. The molecule has 15 heteroatoms. The van der Waals surface area contributed by atoms with Crippen molar-refractivity contribution in [3.8, 4) is 11.3 Å². The molecular weight excluding hydrogens is 621 g/mol. The maximum Gasteiger partial charge on any atom is 0.433 e. The van der Waals surface area contributed by atoms with Crippen molar-refractivity contribution in [2.75, 3.05) is 10.0 Å². The second kappa shape index (κ2) is 11.3. The second-order valence-electron chi connectivity index (χ2n) is 11.3. The van der Waals surface area contributed by atoms with E-state index in [4.69, 9.17) is 0 Å². The van der Waals surface area contributed by atoms with Crippen molar-refractivity contribution >= 4 is 49.2 Å². The zero-order valence-corrected chi connectivity index (χ0v) is 25.5. The normalized spacial score (nSPS) is 12.5. The van der Waals surface area contributed by atoms with E-state index in [2.05, 4.69) is 30.4 Å². The number of aliphatic hydroxyl groups is 1. The Morgan fingerprint density at radius 2 is 1.65 bits per heavy atom. The molecule has 0 unspecified atom stereocenters. The molecule has 0 aliphatic carbocycles. The third-order valence-electron chi connectivity index (χ3n) is 7.14. The van der Waals surface area contributed by atoms with Gasteiger partial charge in [-0.3, -0.25) is 9.67 Å². The van der Waals surface area contributed by atoms with Gasteiger partial charge in [-0.1, -0.05) is 6.07 Å². The number of sulfonamides is 1. The van der Waals surface area contributed by atoms with Gasteiger partial charge in [-0.05, 0) is 74.9 Å². The number of hydrogen-bond acceptors (Lipinski definition) is 9. The first-order valence-electron chi connectivity index (χ1n) is 13.9. The highest BCUT2D eigenvalue weighted by atomic mass is 32.2. The van der Waals surface area contributed by atoms with Crippen LogP contribution < -0.4 is 10.0 Å². The number of hydrogen-bond donors (Lipinski definition) is 3. The largest absolute Gasteiger partial charge is 0.433 e. The molecule has 0 aliphatic heterocycles. The summed E-state index contributed by atoms with van der Waals surface area (Å²) in [5.74, 6) is -0.219. The van der Waals surface area contributed by atoms with E-state index in [9.17, 15) is 26.7 Å². The molecule has 0 saturated carbocycles. The SMILES string of the molecule is Cc1c(-c2nccc3cnc(Nc4ccc(S(=O)(=O)Nc5nccc(C(F)(F)F)n5)cc4)cc23)ccc2c1cnn2CC(C)(C)O. The van der Waals surface area contributed by atoms with Gasteiger partial charge in [0.05, 0.1) is 34.4 Å². The van der Waals surface area contributed by atoms with E-state index in [1.807, 2.05) is 35.9 Å². The molecule has 0 amide bonds. The smallest absolute Gasteiger partial charge is 0.389 e. The molecule has 4 aromatic heterocycles. The van der Waals surface area contributed by atoms with Gasteiger partial charge >= 0.3 is 6.18 Å². The van der Waals surface area contributed by atoms with Gasteiger partial charge in [0.15, 0.2) is 0 Å². The van der Waals surface area contributed by atoms with Crippen molar-refractivity contribution in [2.24, 2.45) is 0 Å². The molecule has 46 heavy (non-hydrogen) atoms. The summed E-state index contributed by atoms with van der Waals surface area (Å²) in [7, 11) is -4.27. The fourth-order valence-corrected chi connectivity index (χ4v) is 5.95. The minimum absolute atomic E-state index is 0.200. The number of nitrogens with zero attached hydrogens (tertiary/aromatic N) is 6. The van der Waals surface area contributed by atoms with Gasteiger partial charge in [0.1, 0.15) is 11.5 Å². The molecule has 0 atom stereocenters. The summed E-state index contributed by atoms with van der Waals surface area (Å²) in [6.07, 6.45) is 1.28. The highest BCUT2D eigenvalue weighted by molar-refractivity contribution is 7.92. The Kier molecular flexibility index (Phi) is 7.60. The molecule has 0 spiro atoms. The molecule has 6 aromatic rings. The van der Waals surface area contributed by atoms with Crippen LogP contribution in [-0.2, 0) is 22.7 Å². The third-order valence-corrected chi connectivity index (χ3v) is 8.49. The standard InChI is InChI=1S/C31H27F3N8O3S/c1-18-22(8-9-25-24(18)16-38-42(25)17-30(2,3)43)28-23-14-27(37-15-19(23)10-12-35-28)39-20-4-6-21(7-5-20)46(44,45)41-29-36-13-11-26(40-29)31(32,33)34/h4-16,43H,17H2,1-3H3,(H,37,39)(H,36,40,41). The zero-order valence-electron chi connectivity index (χ0n) is 24.7. The predicted octanol–water partition coefficient (Wildman–Crippen LogP) is 6.08. The van der Waals surface area contributed by atoms with E-state index in [0.717, 1.165) is 44.7 Å². The summed E-state index contributed by atoms with van der Waals surface area (Å²) in [5, 5.41) is 20.6. The van der Waals surface area contributed by atoms with Gasteiger partial charge in [0, 0.05) is 46.0 Å². The zero-order chi connectivity index (χ0) is 32.9. The summed E-state index contributed by atoms with van der Waals surface area (Å²) in [6, 6.07) is 13.9. The molecule has 0 radical (unpaired) electrons. The Labute approximate surface area is 261 Å². The quantitative estimate of drug-likeness (QED) is 0.179. The number of rotatable bonds is 8. The Morgan fingerprint density at radius 1 is 0.913 bits per heavy atom. The summed E-state index contributed by atoms with van der Waals surface area (Å²) < 4.78 is 68.3. The number of nitrogens with one attached hydrogen (secondary N) is 2. The van der Waals surface area contributed by atoms with Crippen LogP contribution in [0.15, 0.2) is 84.3 Å². The number of aromatic nitrogens is 6. The molecule has 2 aromatic carbocycles. The maximum atomic E-state index is 13.0. The minimum atomic E-state index is -4.75. The first-order chi connectivity index (χ1) is 21.7. The molecule has 4 heterocycles. The fraction of sp³-hybridized carbons (Fsp3) is 0.194. The van der Waals surface area contributed by atoms with E-state index < -0.39 is 33.4 Å². The summed E-state index contributed by atoms with van der Waals surface area (Å²) in [5.41, 5.74) is 1.85. The number of benzene rings is 2. The van der Waals surface area contributed by atoms with E-state index in [0.29, 0.717) is 24.1 Å². The third kappa shape index (κ3) is 6.32. The van der Waals surface area contributed by atoms with Gasteiger partial charge in [0.2, 0.25) is 5.95 Å². The molecule has 6 rings (SSSR count). The lowest BCUT2D eigenvalue weighted by Crippen LogP contribution is -2.26. The molecular formula is C31H27F3N8O3S. The van der Waals surface area contributed by atoms with Crippen LogP contribution in [-0.4, -0.2) is 48.8 Å². The first kappa shape index (κ1) is 30.9. The van der Waals surface area contributed by atoms with Crippen molar-refractivity contribution in [2.45, 2.75) is 44.0 Å². The first-order valence-corrected chi connectivity index (χ1v) is 15.4. The van der Waals surface area contributed by atoms with Crippen LogP contribution in [0.1, 0.15) is 25.1 Å². The van der Waals surface area contributed by atoms with Gasteiger partial charge in [-0.2, -0.15) is 18.3 Å². The lowest BCUT2D eigenvalue weighted by molar-refractivity contribution is -0.141. The Balaban J connectivity index is 1.26. The maximum absolute atomic E-state index is 13.0. The summed E-state index contributed by atoms with van der Waals surface area (Å²) in [4.78, 5) is 15.8. The Hall–Kier alpha value is -5.15. The predicted molar refractivity (Wildman–Crippen MR) is 167 cm³/mol. The molecule has 236 valence electrons. The lowest BCUT2D eigenvalue weighted by atomic mass is 9.98. The number of halogens is 3. The van der Waals surface area contributed by atoms with E-state index in [1.54, 1.807) is 37.1 Å². The number of fused-ring (bicyclic) bond motifs is 2. The highest BCUT2D eigenvalue weighted by Crippen LogP contribution is 2.34. The summed E-state index contributed by atoms with van der Waals surface area (Å²) >= 11 is 0. The molecule has 3 N–H and O–H groups in total. The van der Waals surface area contributed by atoms with Crippen LogP contribution in [0.3, 0.4) is 0 Å². The average molecular weight is 649 g/mol. The summed E-state index contributed by atoms with van der Waals surface area (Å²) in [6.45, 7) is 5.80. The van der Waals surface area contributed by atoms with Gasteiger partial charge < -0.3 is 10.4 Å². The second-order valence-corrected chi connectivity index (χ2v) is 12.9. The van der Waals surface area contributed by atoms with E-state index in [1.165, 1.54) is 24.3 Å². The average Bonchev–Trinajstić information content (AvgIpc) is 3.39. The van der Waals surface area contributed by atoms with Crippen LogP contribution in [0.2, 0.25) is 0 Å². The Bertz CT molecular complexity index is 2200. The lowest BCUT2D eigenvalue weighted by Gasteiger charge is -2.18. The van der Waals surface area contributed by atoms with Crippen molar-refractivity contribution in [1.82, 2.24) is 29.7 Å². The molecule has 0 bridgehead atoms. The van der Waals surface area contributed by atoms with Crippen molar-refractivity contribution in [1.29, 1.82) is 0 Å². The van der Waals surface area contributed by atoms with Gasteiger partial charge in [-0.25, -0.2) is 28.1 Å². The van der Waals surface area contributed by atoms with E-state index in [-0.39, 0.29) is 4.90 Å². The van der Waals surface area contributed by atoms with E-state index >= 15 is 0 Å². The molecule has 0 saturated heterocycles. The highest BCUT2D eigenvalue weighted by Gasteiger charge is 2.33. The van der Waals surface area contributed by atoms with Crippen LogP contribution >= 0.6 is 0 Å². The molecule has 11 nitrogen and oxygen atoms in total. The van der Waals surface area contributed by atoms with Crippen LogP contribution in [0.4, 0.5) is 30.6 Å². The number of alkyl halides is 3. The minimum Gasteiger partial charge on any atom is -0.389 e. The van der Waals surface area contributed by atoms with Crippen LogP contribution in [0.5, 0.6) is 0 Å². The molecule has 0 aliphatic rings. The van der Waals surface area contributed by atoms with Gasteiger partial charge in [-0.15, -0.1) is 0 Å². The number of anilines is 3. The topological polar surface area (TPSA) is 148 Å². The van der Waals surface area contributed by atoms with Crippen molar-refractivity contribution in [3.05, 3.63) is 90.6 Å². The number of pyridine rings is 2. The molecule has 0 fully saturated rings. The van der Waals surface area contributed by atoms with Gasteiger partial charge in [0.25, 0.3) is 10.0 Å². The fourth-order valence-electron chi connectivity index (χ4n) is 5.00.